The molecule has 1 saturated carbocycles. The first-order valence-electron chi connectivity index (χ1n) is 8.99. The van der Waals surface area contributed by atoms with Gasteiger partial charge in [-0.25, -0.2) is 0 Å². The molecule has 1 N–H and O–H groups in total. The van der Waals surface area contributed by atoms with Gasteiger partial charge in [0.1, 0.15) is 0 Å². The highest BCUT2D eigenvalue weighted by molar-refractivity contribution is 4.81. The summed E-state index contributed by atoms with van der Waals surface area (Å²) in [6, 6.07) is 0. The van der Waals surface area contributed by atoms with Crippen molar-refractivity contribution in [2.24, 2.45) is 17.3 Å². The summed E-state index contributed by atoms with van der Waals surface area (Å²) < 4.78 is 0. The zero-order chi connectivity index (χ0) is 14.4. The Morgan fingerprint density at radius 2 is 1.60 bits per heavy atom. The van der Waals surface area contributed by atoms with Crippen molar-refractivity contribution in [1.29, 1.82) is 0 Å². The van der Waals surface area contributed by atoms with Gasteiger partial charge in [-0.2, -0.15) is 0 Å². The third-order valence-corrected chi connectivity index (χ3v) is 5.57. The summed E-state index contributed by atoms with van der Waals surface area (Å²) in [7, 11) is 0. The predicted molar refractivity (Wildman–Crippen MR) is 88.1 cm³/mol. The summed E-state index contributed by atoms with van der Waals surface area (Å²) in [5.74, 6) is 1.89. The van der Waals surface area contributed by atoms with Crippen molar-refractivity contribution in [3.63, 3.8) is 0 Å². The Labute approximate surface area is 126 Å². The third-order valence-electron chi connectivity index (χ3n) is 5.57. The fourth-order valence-corrected chi connectivity index (χ4v) is 3.96. The average Bonchev–Trinajstić information content (AvgIpc) is 2.44. The van der Waals surface area contributed by atoms with Crippen LogP contribution in [0.5, 0.6) is 0 Å². The monoisotopic (exact) mass is 280 g/mol. The molecule has 2 rings (SSSR count). The summed E-state index contributed by atoms with van der Waals surface area (Å²) in [5.41, 5.74) is 0.505. The van der Waals surface area contributed by atoms with Crippen LogP contribution in [0.2, 0.25) is 0 Å². The van der Waals surface area contributed by atoms with E-state index in [1.54, 1.807) is 0 Å². The lowest BCUT2D eigenvalue weighted by molar-refractivity contribution is 0.112. The van der Waals surface area contributed by atoms with Crippen molar-refractivity contribution in [2.45, 2.75) is 65.7 Å². The van der Waals surface area contributed by atoms with Crippen molar-refractivity contribution in [3.05, 3.63) is 0 Å². The molecule has 0 aromatic carbocycles. The number of hydrogen-bond donors (Lipinski definition) is 1. The second-order valence-electron chi connectivity index (χ2n) is 8.19. The van der Waals surface area contributed by atoms with E-state index in [4.69, 9.17) is 0 Å². The maximum atomic E-state index is 3.70. The zero-order valence-corrected chi connectivity index (χ0v) is 14.1. The minimum Gasteiger partial charge on any atom is -0.315 e. The van der Waals surface area contributed by atoms with Crippen molar-refractivity contribution in [3.8, 4) is 0 Å². The second-order valence-corrected chi connectivity index (χ2v) is 8.19. The Hall–Kier alpha value is -0.0800. The maximum absolute atomic E-state index is 3.70. The van der Waals surface area contributed by atoms with Crippen LogP contribution >= 0.6 is 0 Å². The minimum atomic E-state index is 0.505. The van der Waals surface area contributed by atoms with E-state index in [-0.39, 0.29) is 0 Å². The van der Waals surface area contributed by atoms with Crippen molar-refractivity contribution in [1.82, 2.24) is 10.2 Å². The first kappa shape index (κ1) is 16.3. The smallest absolute Gasteiger partial charge is 0.0107 e. The first-order chi connectivity index (χ1) is 9.55. The van der Waals surface area contributed by atoms with Gasteiger partial charge in [0.15, 0.2) is 0 Å². The molecule has 1 aliphatic heterocycles. The van der Waals surface area contributed by atoms with Gasteiger partial charge in [-0.05, 0) is 62.6 Å². The normalized spacial score (nSPS) is 24.1. The van der Waals surface area contributed by atoms with Crippen molar-refractivity contribution >= 4 is 0 Å². The molecule has 1 saturated heterocycles. The van der Waals surface area contributed by atoms with Gasteiger partial charge in [-0.1, -0.05) is 40.0 Å². The van der Waals surface area contributed by atoms with Gasteiger partial charge in [0.05, 0.1) is 0 Å². The van der Waals surface area contributed by atoms with E-state index >= 15 is 0 Å². The van der Waals surface area contributed by atoms with E-state index in [1.807, 2.05) is 0 Å². The Morgan fingerprint density at radius 3 is 2.20 bits per heavy atom. The first-order valence-corrected chi connectivity index (χ1v) is 8.99. The fourth-order valence-electron chi connectivity index (χ4n) is 3.96. The molecule has 2 aliphatic rings. The molecule has 118 valence electrons. The van der Waals surface area contributed by atoms with E-state index in [1.165, 1.54) is 77.7 Å². The van der Waals surface area contributed by atoms with E-state index in [2.05, 4.69) is 31.0 Å². The zero-order valence-electron chi connectivity index (χ0n) is 14.1. The number of rotatable bonds is 5. The number of likely N-dealkylation sites (tertiary alicyclic amines) is 1. The minimum absolute atomic E-state index is 0.505. The Bertz CT molecular complexity index is 255. The molecule has 2 fully saturated rings. The quantitative estimate of drug-likeness (QED) is 0.768. The molecule has 0 radical (unpaired) electrons. The maximum Gasteiger partial charge on any atom is 0.0107 e. The number of piperidine rings is 1. The molecule has 0 amide bonds. The summed E-state index contributed by atoms with van der Waals surface area (Å²) in [4.78, 5) is 2.66. The molecular formula is C18H36N2. The number of nitrogens with zero attached hydrogens (tertiary/aromatic N) is 1. The van der Waals surface area contributed by atoms with Crippen molar-refractivity contribution < 1.29 is 0 Å². The number of hydrogen-bond acceptors (Lipinski definition) is 2. The highest BCUT2D eigenvalue weighted by Gasteiger charge is 2.28. The molecule has 0 aromatic heterocycles. The molecule has 0 atom stereocenters. The largest absolute Gasteiger partial charge is 0.315 e. The van der Waals surface area contributed by atoms with Crippen LogP contribution in [0.1, 0.15) is 65.7 Å². The van der Waals surface area contributed by atoms with Gasteiger partial charge in [-0.3, -0.25) is 0 Å². The van der Waals surface area contributed by atoms with Crippen LogP contribution in [0, 0.1) is 17.3 Å². The molecule has 0 aromatic rings. The van der Waals surface area contributed by atoms with Crippen LogP contribution in [0.3, 0.4) is 0 Å². The highest BCUT2D eigenvalue weighted by atomic mass is 15.1. The summed E-state index contributed by atoms with van der Waals surface area (Å²) in [6.07, 6.45) is 10.1. The number of nitrogens with one attached hydrogen (secondary N) is 1. The summed E-state index contributed by atoms with van der Waals surface area (Å²) in [6.45, 7) is 13.5. The van der Waals surface area contributed by atoms with Crippen LogP contribution in [0.4, 0.5) is 0 Å². The molecule has 2 heteroatoms. The van der Waals surface area contributed by atoms with E-state index in [0.717, 1.165) is 11.8 Å². The predicted octanol–water partition coefficient (Wildman–Crippen LogP) is 3.91. The van der Waals surface area contributed by atoms with Gasteiger partial charge in [0.2, 0.25) is 0 Å². The molecule has 1 aliphatic carbocycles. The summed E-state index contributed by atoms with van der Waals surface area (Å²) >= 11 is 0. The molecule has 0 spiro atoms. The molecule has 0 bridgehead atoms. The Morgan fingerprint density at radius 1 is 0.950 bits per heavy atom. The van der Waals surface area contributed by atoms with Crippen LogP contribution in [0.15, 0.2) is 0 Å². The van der Waals surface area contributed by atoms with Crippen LogP contribution in [-0.4, -0.2) is 37.6 Å². The van der Waals surface area contributed by atoms with E-state index in [0.29, 0.717) is 5.41 Å². The lowest BCUT2D eigenvalue weighted by Crippen LogP contribution is -2.41. The van der Waals surface area contributed by atoms with Crippen molar-refractivity contribution in [2.75, 3.05) is 32.7 Å². The molecule has 2 nitrogen and oxygen atoms in total. The summed E-state index contributed by atoms with van der Waals surface area (Å²) in [5, 5.41) is 3.70. The second kappa shape index (κ2) is 7.79. The van der Waals surface area contributed by atoms with Crippen LogP contribution < -0.4 is 5.32 Å². The van der Waals surface area contributed by atoms with Gasteiger partial charge in [0.25, 0.3) is 0 Å². The van der Waals surface area contributed by atoms with Gasteiger partial charge < -0.3 is 10.2 Å². The Kier molecular flexibility index (Phi) is 6.35. The standard InChI is InChI=1S/C18H36N2/c1-18(2,3)17-9-12-20(13-10-17)14-11-19-15-16-7-5-4-6-8-16/h16-17,19H,4-15H2,1-3H3. The SMILES string of the molecule is CC(C)(C)C1CCN(CCNCC2CCCCC2)CC1. The van der Waals surface area contributed by atoms with E-state index < -0.39 is 0 Å². The molecule has 0 unspecified atom stereocenters. The third kappa shape index (κ3) is 5.37. The van der Waals surface area contributed by atoms with Gasteiger partial charge in [0, 0.05) is 13.1 Å². The van der Waals surface area contributed by atoms with Crippen LogP contribution in [-0.2, 0) is 0 Å². The molecule has 1 heterocycles. The molecular weight excluding hydrogens is 244 g/mol. The Balaban J connectivity index is 1.53. The van der Waals surface area contributed by atoms with Gasteiger partial charge in [-0.15, -0.1) is 0 Å². The lowest BCUT2D eigenvalue weighted by atomic mass is 9.75. The van der Waals surface area contributed by atoms with Crippen LogP contribution in [0.25, 0.3) is 0 Å². The van der Waals surface area contributed by atoms with E-state index in [9.17, 15) is 0 Å². The topological polar surface area (TPSA) is 15.3 Å². The highest BCUT2D eigenvalue weighted by Crippen LogP contribution is 2.34. The molecule has 20 heavy (non-hydrogen) atoms. The average molecular weight is 280 g/mol. The lowest BCUT2D eigenvalue weighted by Gasteiger charge is -2.38. The fraction of sp³-hybridized carbons (Fsp3) is 1.00. The van der Waals surface area contributed by atoms with Gasteiger partial charge >= 0.3 is 0 Å².